The van der Waals surface area contributed by atoms with Crippen molar-refractivity contribution in [2.24, 2.45) is 0 Å². The second kappa shape index (κ2) is 6.25. The summed E-state index contributed by atoms with van der Waals surface area (Å²) < 4.78 is 19.2. The monoisotopic (exact) mass is 228 g/mol. The van der Waals surface area contributed by atoms with Crippen LogP contribution in [0.1, 0.15) is 0 Å². The van der Waals surface area contributed by atoms with Gasteiger partial charge >= 0.3 is 8.25 Å². The van der Waals surface area contributed by atoms with Crippen LogP contribution in [0.25, 0.3) is 0 Å². The van der Waals surface area contributed by atoms with Crippen LogP contribution in [0, 0.1) is 22.7 Å². The molecule has 0 rings (SSSR count). The van der Waals surface area contributed by atoms with Gasteiger partial charge in [0.05, 0.1) is 0 Å². The molecule has 2 atom stereocenters. The van der Waals surface area contributed by atoms with Crippen LogP contribution < -0.4 is 0 Å². The van der Waals surface area contributed by atoms with Crippen LogP contribution in [-0.2, 0) is 13.6 Å². The van der Waals surface area contributed by atoms with Crippen molar-refractivity contribution in [2.45, 2.75) is 11.1 Å². The summed E-state index contributed by atoms with van der Waals surface area (Å²) in [5.74, 6) is 0. The van der Waals surface area contributed by atoms with E-state index in [1.807, 2.05) is 0 Å². The maximum Gasteiger partial charge on any atom is 0.323 e. The molecule has 0 aromatic heterocycles. The van der Waals surface area contributed by atoms with Crippen molar-refractivity contribution in [1.29, 1.82) is 10.5 Å². The molecule has 0 aromatic rings. The molecule has 8 heteroatoms. The lowest BCUT2D eigenvalue weighted by Crippen LogP contribution is -1.99. The van der Waals surface area contributed by atoms with Crippen LogP contribution >= 0.6 is 31.5 Å². The van der Waals surface area contributed by atoms with E-state index < -0.39 is 19.4 Å². The molecule has 2 unspecified atom stereocenters. The van der Waals surface area contributed by atoms with Crippen molar-refractivity contribution in [3.8, 4) is 12.1 Å². The molecule has 0 aromatic carbocycles. The van der Waals surface area contributed by atoms with Gasteiger partial charge in [-0.15, -0.1) is 0 Å². The molecule has 0 saturated heterocycles. The van der Waals surface area contributed by atoms with Gasteiger partial charge in [0, 0.05) is 0 Å². The Kier molecular flexibility index (Phi) is 6.10. The molecule has 66 valence electrons. The molecule has 0 heterocycles. The van der Waals surface area contributed by atoms with E-state index in [0.29, 0.717) is 0 Å². The Morgan fingerprint density at radius 2 is 1.50 bits per heavy atom. The first kappa shape index (κ1) is 11.7. The van der Waals surface area contributed by atoms with E-state index in [-0.39, 0.29) is 0 Å². The van der Waals surface area contributed by atoms with Crippen molar-refractivity contribution in [2.75, 3.05) is 0 Å². The van der Waals surface area contributed by atoms with Crippen LogP contribution in [0.4, 0.5) is 0 Å². The Balaban J connectivity index is 3.78. The lowest BCUT2D eigenvalue weighted by molar-refractivity contribution is 0.235. The minimum atomic E-state index is -2.97. The second-order valence-corrected chi connectivity index (χ2v) is 3.14. The number of nitriles is 2. The number of hydrogen-bond donors (Lipinski definition) is 0. The fraction of sp³-hybridized carbons (Fsp3) is 0.500. The normalized spacial score (nSPS) is 17.0. The van der Waals surface area contributed by atoms with Gasteiger partial charge in [-0.1, -0.05) is 23.2 Å². The average Bonchev–Trinajstić information content (AvgIpc) is 2.03. The SMILES string of the molecule is N#CC(Cl)O[PH](=O)OC(Cl)C#N. The van der Waals surface area contributed by atoms with Crippen LogP contribution in [0.3, 0.4) is 0 Å². The first-order valence-electron chi connectivity index (χ1n) is 2.54. The maximum absolute atomic E-state index is 10.7. The molecule has 0 spiro atoms. The Labute approximate surface area is 79.3 Å². The summed E-state index contributed by atoms with van der Waals surface area (Å²) in [4.78, 5) is 0. The van der Waals surface area contributed by atoms with E-state index >= 15 is 0 Å². The zero-order chi connectivity index (χ0) is 9.56. The van der Waals surface area contributed by atoms with Crippen LogP contribution in [0.5, 0.6) is 0 Å². The Hall–Kier alpha value is -0.290. The average molecular weight is 229 g/mol. The molecule has 0 bridgehead atoms. The lowest BCUT2D eigenvalue weighted by Gasteiger charge is -2.04. The van der Waals surface area contributed by atoms with Crippen LogP contribution in [0.2, 0.25) is 0 Å². The minimum Gasteiger partial charge on any atom is -0.276 e. The summed E-state index contributed by atoms with van der Waals surface area (Å²) in [6.45, 7) is 0. The summed E-state index contributed by atoms with van der Waals surface area (Å²) in [5, 5.41) is 16.2. The molecule has 0 N–H and O–H groups in total. The zero-order valence-electron chi connectivity index (χ0n) is 5.53. The molecule has 0 radical (unpaired) electrons. The second-order valence-electron chi connectivity index (χ2n) is 1.38. The molecule has 5 nitrogen and oxygen atoms in total. The van der Waals surface area contributed by atoms with Gasteiger partial charge in [-0.25, -0.2) is 0 Å². The molecule has 12 heavy (non-hydrogen) atoms. The molecule has 0 aliphatic rings. The third kappa shape index (κ3) is 5.37. The Morgan fingerprint density at radius 3 is 1.75 bits per heavy atom. The highest BCUT2D eigenvalue weighted by Gasteiger charge is 2.12. The number of alkyl halides is 2. The largest absolute Gasteiger partial charge is 0.323 e. The topological polar surface area (TPSA) is 83.1 Å². The number of rotatable bonds is 4. The van der Waals surface area contributed by atoms with E-state index in [2.05, 4.69) is 9.05 Å². The van der Waals surface area contributed by atoms with Crippen molar-refractivity contribution >= 4 is 31.5 Å². The quantitative estimate of drug-likeness (QED) is 0.539. The summed E-state index contributed by atoms with van der Waals surface area (Å²) >= 11 is 10.2. The van der Waals surface area contributed by atoms with Crippen LogP contribution in [0.15, 0.2) is 0 Å². The van der Waals surface area contributed by atoms with Gasteiger partial charge in [0.25, 0.3) is 0 Å². The standard InChI is InChI=1S/C4H3Cl2N2O3P/c5-3(1-7)10-12(9)11-4(6)2-8/h3-4,12H. The van der Waals surface area contributed by atoms with E-state index in [1.165, 1.54) is 12.1 Å². The predicted molar refractivity (Wildman–Crippen MR) is 41.7 cm³/mol. The van der Waals surface area contributed by atoms with E-state index in [0.717, 1.165) is 0 Å². The Morgan fingerprint density at radius 1 is 1.17 bits per heavy atom. The lowest BCUT2D eigenvalue weighted by atomic mass is 10.8. The number of hydrogen-bond acceptors (Lipinski definition) is 5. The molecular formula is C4H3Cl2N2O3P. The fourth-order valence-corrected chi connectivity index (χ4v) is 1.18. The van der Waals surface area contributed by atoms with Gasteiger partial charge < -0.3 is 0 Å². The van der Waals surface area contributed by atoms with Crippen molar-refractivity contribution < 1.29 is 13.6 Å². The zero-order valence-corrected chi connectivity index (χ0v) is 8.04. The third-order valence-electron chi connectivity index (χ3n) is 0.602. The van der Waals surface area contributed by atoms with Gasteiger partial charge in [-0.2, -0.15) is 10.5 Å². The van der Waals surface area contributed by atoms with Gasteiger partial charge in [0.15, 0.2) is 0 Å². The summed E-state index contributed by atoms with van der Waals surface area (Å²) in [6.07, 6.45) is 0. The number of nitrogens with zero attached hydrogens (tertiary/aromatic N) is 2. The highest BCUT2D eigenvalue weighted by molar-refractivity contribution is 7.33. The molecule has 0 aliphatic heterocycles. The van der Waals surface area contributed by atoms with Crippen molar-refractivity contribution in [3.05, 3.63) is 0 Å². The molecular weight excluding hydrogens is 226 g/mol. The highest BCUT2D eigenvalue weighted by atomic mass is 35.5. The predicted octanol–water partition coefficient (Wildman–Crippen LogP) is 1.59. The molecule has 0 saturated carbocycles. The smallest absolute Gasteiger partial charge is 0.276 e. The van der Waals surface area contributed by atoms with Gasteiger partial charge in [0.1, 0.15) is 12.1 Å². The molecule has 0 amide bonds. The summed E-state index contributed by atoms with van der Waals surface area (Å²) in [5.41, 5.74) is -2.72. The minimum absolute atomic E-state index is 1.36. The first-order valence-corrected chi connectivity index (χ1v) is 4.64. The Bertz CT molecular complexity index is 224. The van der Waals surface area contributed by atoms with Crippen LogP contribution in [-0.4, -0.2) is 11.1 Å². The maximum atomic E-state index is 10.7. The van der Waals surface area contributed by atoms with E-state index in [1.54, 1.807) is 0 Å². The third-order valence-corrected chi connectivity index (χ3v) is 2.13. The number of halogens is 2. The molecule has 0 aliphatic carbocycles. The fourth-order valence-electron chi connectivity index (χ4n) is 0.249. The molecule has 0 fully saturated rings. The van der Waals surface area contributed by atoms with Crippen molar-refractivity contribution in [3.63, 3.8) is 0 Å². The van der Waals surface area contributed by atoms with Gasteiger partial charge in [-0.3, -0.25) is 13.6 Å². The van der Waals surface area contributed by atoms with E-state index in [9.17, 15) is 4.57 Å². The first-order chi connectivity index (χ1) is 5.60. The van der Waals surface area contributed by atoms with Gasteiger partial charge in [0.2, 0.25) is 11.1 Å². The summed E-state index contributed by atoms with van der Waals surface area (Å²) in [7, 11) is -2.97. The summed E-state index contributed by atoms with van der Waals surface area (Å²) in [6, 6.07) is 2.90. The highest BCUT2D eigenvalue weighted by Crippen LogP contribution is 2.29. The van der Waals surface area contributed by atoms with Crippen molar-refractivity contribution in [1.82, 2.24) is 0 Å². The van der Waals surface area contributed by atoms with E-state index in [4.69, 9.17) is 33.7 Å². The van der Waals surface area contributed by atoms with Gasteiger partial charge in [-0.05, 0) is 0 Å².